The third-order valence-electron chi connectivity index (χ3n) is 1.66. The molecular weight excluding hydrogens is 244 g/mol. The standard InChI is InChI=1S/C8H16O2.CH3.BrH.Mg/c1-3-4-5-6-7(2)8(9)10;;;/h7H,3-6H2,1-2H3,(H,9,10);1H3;1H;/q;;;+1/p-1. The van der Waals surface area contributed by atoms with Crippen LogP contribution in [0, 0.1) is 5.92 Å². The van der Waals surface area contributed by atoms with E-state index in [9.17, 15) is 4.79 Å². The smallest absolute Gasteiger partial charge is 0.465 e. The Morgan fingerprint density at radius 2 is 2.00 bits per heavy atom. The molecular formula is C9H19BrMgO2. The molecule has 2 nitrogen and oxygen atoms in total. The molecule has 0 heterocycles. The van der Waals surface area contributed by atoms with Crippen LogP contribution in [-0.2, 0) is 4.79 Å². The topological polar surface area (TPSA) is 37.3 Å². The highest BCUT2D eigenvalue weighted by molar-refractivity contribution is 9.23. The van der Waals surface area contributed by atoms with Gasteiger partial charge in [-0.1, -0.05) is 33.1 Å². The van der Waals surface area contributed by atoms with Crippen molar-refractivity contribution in [2.24, 2.45) is 5.92 Å². The fourth-order valence-corrected chi connectivity index (χ4v) is 0.824. The summed E-state index contributed by atoms with van der Waals surface area (Å²) >= 11 is 3.51. The number of hydrogen-bond donors (Lipinski definition) is 1. The predicted molar refractivity (Wildman–Crippen MR) is 61.5 cm³/mol. The van der Waals surface area contributed by atoms with Crippen molar-refractivity contribution in [3.8, 4) is 0 Å². The van der Waals surface area contributed by atoms with Gasteiger partial charge in [0.15, 0.2) is 0 Å². The fourth-order valence-electron chi connectivity index (χ4n) is 0.824. The first-order valence-corrected chi connectivity index (χ1v) is 10.2. The molecule has 0 saturated heterocycles. The van der Waals surface area contributed by atoms with Gasteiger partial charge >= 0.3 is 24.2 Å². The van der Waals surface area contributed by atoms with Gasteiger partial charge in [-0.15, -0.1) is 5.05 Å². The molecule has 1 N–H and O–H groups in total. The second-order valence-corrected chi connectivity index (χ2v) is 6.90. The Balaban J connectivity index is 0. The fraction of sp³-hybridized carbons (Fsp3) is 0.889. The summed E-state index contributed by atoms with van der Waals surface area (Å²) < 4.78 is 0. The molecule has 0 spiro atoms. The number of hydrogen-bond acceptors (Lipinski definition) is 1. The monoisotopic (exact) mass is 262 g/mol. The van der Waals surface area contributed by atoms with E-state index in [-0.39, 0.29) is 24.1 Å². The van der Waals surface area contributed by atoms with Gasteiger partial charge in [-0.05, 0) is 6.42 Å². The molecule has 1 atom stereocenters. The number of carboxylic acids is 1. The third kappa shape index (κ3) is 15.5. The largest absolute Gasteiger partial charge is 0.481 e. The van der Waals surface area contributed by atoms with Gasteiger partial charge in [-0.25, -0.2) is 0 Å². The van der Waals surface area contributed by atoms with Crippen LogP contribution in [0.3, 0.4) is 0 Å². The van der Waals surface area contributed by atoms with E-state index < -0.39 is 5.97 Å². The molecule has 0 saturated carbocycles. The number of carboxylic acid groups (broad SMARTS) is 1. The first-order valence-electron chi connectivity index (χ1n) is 4.88. The minimum Gasteiger partial charge on any atom is -0.481 e. The number of aliphatic carboxylic acids is 1. The number of carbonyl (C=O) groups is 1. The van der Waals surface area contributed by atoms with Gasteiger partial charge < -0.3 is 18.0 Å². The lowest BCUT2D eigenvalue weighted by Gasteiger charge is -2.03. The lowest BCUT2D eigenvalue weighted by Crippen LogP contribution is -2.08. The summed E-state index contributed by atoms with van der Waals surface area (Å²) in [6, 6.07) is 0. The van der Waals surface area contributed by atoms with E-state index in [1.165, 1.54) is 0 Å². The zero-order valence-corrected chi connectivity index (χ0v) is 11.8. The summed E-state index contributed by atoms with van der Waals surface area (Å²) in [5.41, 5.74) is 0. The van der Waals surface area contributed by atoms with Crippen molar-refractivity contribution < 1.29 is 9.90 Å². The van der Waals surface area contributed by atoms with Crippen LogP contribution in [0.4, 0.5) is 0 Å². The predicted octanol–water partition coefficient (Wildman–Crippen LogP) is 3.34. The van der Waals surface area contributed by atoms with Crippen LogP contribution >= 0.6 is 12.9 Å². The second-order valence-electron chi connectivity index (χ2n) is 3.00. The van der Waals surface area contributed by atoms with Gasteiger partial charge in [0.1, 0.15) is 0 Å². The molecule has 13 heavy (non-hydrogen) atoms. The molecule has 0 bridgehead atoms. The van der Waals surface area contributed by atoms with E-state index >= 15 is 0 Å². The maximum atomic E-state index is 10.3. The van der Waals surface area contributed by atoms with Crippen LogP contribution < -0.4 is 0 Å². The molecule has 4 heteroatoms. The Morgan fingerprint density at radius 1 is 1.54 bits per heavy atom. The maximum Gasteiger partial charge on any atom is 0.465 e. The van der Waals surface area contributed by atoms with E-state index in [1.54, 1.807) is 6.92 Å². The van der Waals surface area contributed by atoms with Crippen molar-refractivity contribution in [2.45, 2.75) is 44.6 Å². The number of halogens is 1. The van der Waals surface area contributed by atoms with E-state index in [2.05, 4.69) is 24.9 Å². The van der Waals surface area contributed by atoms with Crippen molar-refractivity contribution >= 4 is 37.0 Å². The molecule has 0 rings (SSSR count). The molecule has 1 unspecified atom stereocenters. The minimum absolute atomic E-state index is 0.161. The van der Waals surface area contributed by atoms with Crippen molar-refractivity contribution in [1.29, 1.82) is 0 Å². The normalized spacial score (nSPS) is 10.8. The van der Waals surface area contributed by atoms with Crippen LogP contribution in [0.15, 0.2) is 0 Å². The van der Waals surface area contributed by atoms with E-state index in [1.807, 2.05) is 0 Å². The highest BCUT2D eigenvalue weighted by Gasteiger charge is 2.08. The van der Waals surface area contributed by atoms with Gasteiger partial charge in [-0.3, -0.25) is 4.79 Å². The highest BCUT2D eigenvalue weighted by Crippen LogP contribution is 2.08. The zero-order chi connectivity index (χ0) is 10.7. The van der Waals surface area contributed by atoms with E-state index in [0.29, 0.717) is 0 Å². The van der Waals surface area contributed by atoms with Crippen molar-refractivity contribution in [1.82, 2.24) is 0 Å². The minimum atomic E-state index is -0.670. The van der Waals surface area contributed by atoms with Gasteiger partial charge in [-0.2, -0.15) is 0 Å². The van der Waals surface area contributed by atoms with Crippen LogP contribution in [-0.4, -0.2) is 29.3 Å². The molecule has 0 aliphatic carbocycles. The Labute approximate surface area is 97.1 Å². The lowest BCUT2D eigenvalue weighted by atomic mass is 10.0. The summed E-state index contributed by atoms with van der Waals surface area (Å²) in [5, 5.41) is 10.7. The molecule has 0 aromatic heterocycles. The maximum absolute atomic E-state index is 10.3. The molecule has 76 valence electrons. The van der Waals surface area contributed by atoms with E-state index in [4.69, 9.17) is 5.11 Å². The summed E-state index contributed by atoms with van der Waals surface area (Å²) in [4.78, 5) is 10.3. The molecule has 0 fully saturated rings. The van der Waals surface area contributed by atoms with Crippen LogP contribution in [0.5, 0.6) is 0 Å². The van der Waals surface area contributed by atoms with Crippen LogP contribution in [0.25, 0.3) is 0 Å². The lowest BCUT2D eigenvalue weighted by molar-refractivity contribution is -0.141. The Kier molecular flexibility index (Phi) is 15.8. The Bertz CT molecular complexity index is 120. The first-order chi connectivity index (χ1) is 6.09. The van der Waals surface area contributed by atoms with Crippen molar-refractivity contribution in [2.75, 3.05) is 0 Å². The molecule has 0 radical (unpaired) electrons. The van der Waals surface area contributed by atoms with Crippen LogP contribution in [0.2, 0.25) is 5.05 Å². The van der Waals surface area contributed by atoms with Gasteiger partial charge in [0.2, 0.25) is 0 Å². The van der Waals surface area contributed by atoms with E-state index in [0.717, 1.165) is 25.7 Å². The average molecular weight is 263 g/mol. The van der Waals surface area contributed by atoms with Crippen LogP contribution in [0.1, 0.15) is 39.5 Å². The van der Waals surface area contributed by atoms with Gasteiger partial charge in [0.05, 0.1) is 5.92 Å². The molecule has 0 aromatic carbocycles. The SMILES string of the molecule is CCCCCC(C)C(=O)O.[CH3][Mg][Br]. The zero-order valence-electron chi connectivity index (χ0n) is 8.85. The second kappa shape index (κ2) is 12.7. The molecule has 0 aliphatic rings. The summed E-state index contributed by atoms with van der Waals surface area (Å²) in [7, 11) is 0. The van der Waals surface area contributed by atoms with Crippen molar-refractivity contribution in [3.63, 3.8) is 0 Å². The van der Waals surface area contributed by atoms with Gasteiger partial charge in [0, 0.05) is 0 Å². The Hall–Kier alpha value is 0.716. The average Bonchev–Trinajstić information content (AvgIpc) is 2.06. The summed E-state index contributed by atoms with van der Waals surface area (Å²) in [5.74, 6) is -0.831. The summed E-state index contributed by atoms with van der Waals surface area (Å²) in [6.45, 7) is 3.88. The van der Waals surface area contributed by atoms with Crippen molar-refractivity contribution in [3.05, 3.63) is 0 Å². The first kappa shape index (κ1) is 16.2. The third-order valence-corrected chi connectivity index (χ3v) is 1.66. The number of rotatable bonds is 5. The quantitative estimate of drug-likeness (QED) is 0.610. The molecule has 0 aliphatic heterocycles. The molecule has 0 aromatic rings. The van der Waals surface area contributed by atoms with Gasteiger partial charge in [0.25, 0.3) is 0 Å². The molecule has 0 amide bonds. The Morgan fingerprint density at radius 3 is 2.31 bits per heavy atom. The highest BCUT2D eigenvalue weighted by atomic mass is 79.9. The number of unbranched alkanes of at least 4 members (excludes halogenated alkanes) is 2. The summed E-state index contributed by atoms with van der Waals surface area (Å²) in [6.07, 6.45) is 4.18.